The summed E-state index contributed by atoms with van der Waals surface area (Å²) in [6.07, 6.45) is 2.94. The van der Waals surface area contributed by atoms with Gasteiger partial charge in [-0.2, -0.15) is 5.26 Å². The van der Waals surface area contributed by atoms with Gasteiger partial charge in [0.2, 0.25) is 0 Å². The van der Waals surface area contributed by atoms with Crippen LogP contribution in [0.5, 0.6) is 0 Å². The van der Waals surface area contributed by atoms with Gasteiger partial charge < -0.3 is 10.3 Å². The van der Waals surface area contributed by atoms with Crippen molar-refractivity contribution in [1.29, 1.82) is 5.26 Å². The molecule has 2 aromatic carbocycles. The second-order valence-corrected chi connectivity index (χ2v) is 8.45. The summed E-state index contributed by atoms with van der Waals surface area (Å²) in [5.74, 6) is -0.154. The van der Waals surface area contributed by atoms with E-state index in [4.69, 9.17) is 11.0 Å². The Balaban J connectivity index is 1.67. The number of aromatic nitrogens is 3. The topological polar surface area (TPSA) is 144 Å². The molecule has 0 aliphatic heterocycles. The summed E-state index contributed by atoms with van der Waals surface area (Å²) < 4.78 is 29.5. The Morgan fingerprint density at radius 3 is 2.61 bits per heavy atom. The highest BCUT2D eigenvalue weighted by atomic mass is 32.2. The summed E-state index contributed by atoms with van der Waals surface area (Å²) >= 11 is 0. The second kappa shape index (κ2) is 7.55. The molecule has 0 saturated heterocycles. The van der Waals surface area contributed by atoms with Crippen molar-refractivity contribution < 1.29 is 13.2 Å². The minimum absolute atomic E-state index is 0.00204. The van der Waals surface area contributed by atoms with Crippen molar-refractivity contribution in [2.75, 3.05) is 10.5 Å². The van der Waals surface area contributed by atoms with Crippen LogP contribution < -0.4 is 10.5 Å². The van der Waals surface area contributed by atoms with Gasteiger partial charge in [0.05, 0.1) is 27.5 Å². The van der Waals surface area contributed by atoms with Gasteiger partial charge in [-0.1, -0.05) is 12.1 Å². The predicted molar refractivity (Wildman–Crippen MR) is 115 cm³/mol. The number of rotatable bonds is 5. The van der Waals surface area contributed by atoms with Crippen molar-refractivity contribution in [3.05, 3.63) is 77.7 Å². The third-order valence-corrected chi connectivity index (χ3v) is 6.10. The van der Waals surface area contributed by atoms with Gasteiger partial charge in [0, 0.05) is 24.5 Å². The number of nitrogens with one attached hydrogen (secondary N) is 1. The van der Waals surface area contributed by atoms with Crippen molar-refractivity contribution in [3.63, 3.8) is 0 Å². The number of carbonyl (C=O) groups is 1. The minimum Gasteiger partial charge on any atom is -0.383 e. The number of fused-ring (bicyclic) bond motifs is 1. The van der Waals surface area contributed by atoms with Crippen molar-refractivity contribution >= 4 is 38.3 Å². The van der Waals surface area contributed by atoms with E-state index in [0.717, 1.165) is 0 Å². The maximum Gasteiger partial charge on any atom is 0.261 e. The fourth-order valence-corrected chi connectivity index (χ4v) is 4.26. The molecule has 0 bridgehead atoms. The number of ketones is 1. The lowest BCUT2D eigenvalue weighted by atomic mass is 10.0. The lowest BCUT2D eigenvalue weighted by molar-refractivity contribution is 0.104. The van der Waals surface area contributed by atoms with Crippen LogP contribution in [0.1, 0.15) is 21.5 Å². The molecule has 0 aliphatic carbocycles. The van der Waals surface area contributed by atoms with Crippen LogP contribution in [-0.4, -0.2) is 28.7 Å². The second-order valence-electron chi connectivity index (χ2n) is 6.76. The van der Waals surface area contributed by atoms with Crippen LogP contribution >= 0.6 is 0 Å². The van der Waals surface area contributed by atoms with Crippen LogP contribution in [0.15, 0.2) is 66.0 Å². The molecule has 0 aliphatic rings. The number of hydrogen-bond donors (Lipinski definition) is 2. The van der Waals surface area contributed by atoms with Crippen molar-refractivity contribution in [3.8, 4) is 6.07 Å². The van der Waals surface area contributed by atoms with Gasteiger partial charge in [-0.05, 0) is 36.4 Å². The summed E-state index contributed by atoms with van der Waals surface area (Å²) in [5, 5.41) is 9.31. The Morgan fingerprint density at radius 2 is 1.90 bits per heavy atom. The molecule has 10 heteroatoms. The third kappa shape index (κ3) is 3.70. The summed E-state index contributed by atoms with van der Waals surface area (Å²) in [5.41, 5.74) is 7.65. The zero-order chi connectivity index (χ0) is 22.2. The minimum atomic E-state index is -3.90. The molecule has 0 atom stereocenters. The lowest BCUT2D eigenvalue weighted by Crippen LogP contribution is -2.13. The molecule has 4 aromatic rings. The molecule has 154 valence electrons. The highest BCUT2D eigenvalue weighted by molar-refractivity contribution is 7.92. The van der Waals surface area contributed by atoms with Crippen LogP contribution in [-0.2, 0) is 17.1 Å². The molecule has 3 N–H and O–H groups in total. The van der Waals surface area contributed by atoms with E-state index in [0.29, 0.717) is 22.2 Å². The van der Waals surface area contributed by atoms with E-state index < -0.39 is 10.0 Å². The van der Waals surface area contributed by atoms with E-state index in [1.807, 2.05) is 6.07 Å². The van der Waals surface area contributed by atoms with E-state index in [1.54, 1.807) is 36.0 Å². The number of benzene rings is 2. The molecular formula is C21H16N6O3S. The largest absolute Gasteiger partial charge is 0.383 e. The zero-order valence-corrected chi connectivity index (χ0v) is 17.1. The van der Waals surface area contributed by atoms with E-state index in [-0.39, 0.29) is 27.7 Å². The number of hydrogen-bond acceptors (Lipinski definition) is 7. The highest BCUT2D eigenvalue weighted by Gasteiger charge is 2.20. The van der Waals surface area contributed by atoms with Gasteiger partial charge in [-0.3, -0.25) is 9.52 Å². The number of sulfonamides is 1. The molecule has 4 rings (SSSR count). The molecule has 0 unspecified atom stereocenters. The van der Waals surface area contributed by atoms with Crippen molar-refractivity contribution in [2.24, 2.45) is 7.05 Å². The van der Waals surface area contributed by atoms with Crippen molar-refractivity contribution in [2.45, 2.75) is 4.90 Å². The van der Waals surface area contributed by atoms with Gasteiger partial charge in [0.25, 0.3) is 10.0 Å². The SMILES string of the molecule is Cn1cc(C(=O)c2cccc(NS(=O)(=O)c3ccc(C#N)cc3)c2)c2c(N)ncnc21. The molecule has 0 fully saturated rings. The highest BCUT2D eigenvalue weighted by Crippen LogP contribution is 2.26. The van der Waals surface area contributed by atoms with Crippen LogP contribution in [0, 0.1) is 11.3 Å². The van der Waals surface area contributed by atoms with E-state index in [1.165, 1.54) is 36.7 Å². The Bertz CT molecular complexity index is 1470. The summed E-state index contributed by atoms with van der Waals surface area (Å²) in [4.78, 5) is 21.3. The Labute approximate surface area is 177 Å². The Kier molecular flexibility index (Phi) is 4.88. The number of nitrogens with zero attached hydrogens (tertiary/aromatic N) is 4. The normalized spacial score (nSPS) is 11.2. The van der Waals surface area contributed by atoms with Gasteiger partial charge >= 0.3 is 0 Å². The predicted octanol–water partition coefficient (Wildman–Crippen LogP) is 2.45. The molecule has 31 heavy (non-hydrogen) atoms. The van der Waals surface area contributed by atoms with E-state index in [2.05, 4.69) is 14.7 Å². The number of anilines is 2. The number of carbonyl (C=O) groups excluding carboxylic acids is 1. The molecule has 9 nitrogen and oxygen atoms in total. The molecule has 2 aromatic heterocycles. The van der Waals surface area contributed by atoms with Gasteiger partial charge in [0.1, 0.15) is 17.8 Å². The quantitative estimate of drug-likeness (QED) is 0.461. The summed E-state index contributed by atoms with van der Waals surface area (Å²) in [7, 11) is -2.15. The first kappa shape index (κ1) is 20.1. The molecular weight excluding hydrogens is 416 g/mol. The van der Waals surface area contributed by atoms with Crippen LogP contribution in [0.3, 0.4) is 0 Å². The van der Waals surface area contributed by atoms with Crippen LogP contribution in [0.25, 0.3) is 11.0 Å². The zero-order valence-electron chi connectivity index (χ0n) is 16.3. The molecule has 0 spiro atoms. The first-order chi connectivity index (χ1) is 14.8. The Morgan fingerprint density at radius 1 is 1.16 bits per heavy atom. The summed E-state index contributed by atoms with van der Waals surface area (Å²) in [6.45, 7) is 0. The molecule has 2 heterocycles. The first-order valence-corrected chi connectivity index (χ1v) is 10.5. The Hall–Kier alpha value is -4.23. The average Bonchev–Trinajstić information content (AvgIpc) is 3.11. The number of nitrogens with two attached hydrogens (primary N) is 1. The van der Waals surface area contributed by atoms with E-state index in [9.17, 15) is 13.2 Å². The lowest BCUT2D eigenvalue weighted by Gasteiger charge is -2.09. The first-order valence-electron chi connectivity index (χ1n) is 9.03. The van der Waals surface area contributed by atoms with E-state index >= 15 is 0 Å². The van der Waals surface area contributed by atoms with Gasteiger partial charge in [-0.25, -0.2) is 18.4 Å². The van der Waals surface area contributed by atoms with Crippen molar-refractivity contribution in [1.82, 2.24) is 14.5 Å². The van der Waals surface area contributed by atoms with Gasteiger partial charge in [-0.15, -0.1) is 0 Å². The maximum absolute atomic E-state index is 13.2. The monoisotopic (exact) mass is 432 g/mol. The van der Waals surface area contributed by atoms with Crippen LogP contribution in [0.4, 0.5) is 11.5 Å². The maximum atomic E-state index is 13.2. The smallest absolute Gasteiger partial charge is 0.261 e. The molecule has 0 radical (unpaired) electrons. The number of nitriles is 1. The fourth-order valence-electron chi connectivity index (χ4n) is 3.21. The molecule has 0 amide bonds. The van der Waals surface area contributed by atoms with Crippen LogP contribution in [0.2, 0.25) is 0 Å². The average molecular weight is 432 g/mol. The standard InChI is InChI=1S/C21H16N6O3S/c1-27-11-17(18-20(23)24-12-25-21(18)27)19(28)14-3-2-4-15(9-14)26-31(29,30)16-7-5-13(10-22)6-8-16/h2-9,11-12,26H,1H3,(H2,23,24,25). The third-order valence-electron chi connectivity index (χ3n) is 4.70. The fraction of sp³-hybridized carbons (Fsp3) is 0.0476. The summed E-state index contributed by atoms with van der Waals surface area (Å²) in [6, 6.07) is 13.6. The van der Waals surface area contributed by atoms with Gasteiger partial charge in [0.15, 0.2) is 5.78 Å². The number of aryl methyl sites for hydroxylation is 1. The molecule has 0 saturated carbocycles. The number of nitrogen functional groups attached to an aromatic ring is 1.